The van der Waals surface area contributed by atoms with E-state index in [4.69, 9.17) is 0 Å². The summed E-state index contributed by atoms with van der Waals surface area (Å²) in [5.74, 6) is -0.371. The Balaban J connectivity index is 1.40. The molecule has 3 rings (SSSR count). The molecular formula is C17H31FN4O2. The van der Waals surface area contributed by atoms with Crippen LogP contribution in [0, 0.1) is 22.0 Å². The van der Waals surface area contributed by atoms with Crippen molar-refractivity contribution >= 4 is 0 Å². The van der Waals surface area contributed by atoms with Gasteiger partial charge in [-0.2, -0.15) is 0 Å². The Morgan fingerprint density at radius 2 is 2.04 bits per heavy atom. The first-order chi connectivity index (χ1) is 11.5. The summed E-state index contributed by atoms with van der Waals surface area (Å²) >= 11 is 0. The van der Waals surface area contributed by atoms with Crippen LogP contribution in [0.15, 0.2) is 0 Å². The molecule has 2 saturated carbocycles. The van der Waals surface area contributed by atoms with Gasteiger partial charge in [0, 0.05) is 36.5 Å². The monoisotopic (exact) mass is 342 g/mol. The van der Waals surface area contributed by atoms with Crippen LogP contribution in [0.2, 0.25) is 0 Å². The van der Waals surface area contributed by atoms with Gasteiger partial charge in [0.25, 0.3) is 0 Å². The van der Waals surface area contributed by atoms with Gasteiger partial charge in [-0.25, -0.2) is 9.40 Å². The van der Waals surface area contributed by atoms with Crippen molar-refractivity contribution in [2.24, 2.45) is 11.8 Å². The van der Waals surface area contributed by atoms with E-state index in [-0.39, 0.29) is 10.8 Å². The zero-order chi connectivity index (χ0) is 17.1. The van der Waals surface area contributed by atoms with Crippen LogP contribution in [0.4, 0.5) is 4.39 Å². The van der Waals surface area contributed by atoms with Gasteiger partial charge < -0.3 is 5.32 Å². The van der Waals surface area contributed by atoms with Crippen molar-refractivity contribution < 1.29 is 9.31 Å². The molecule has 3 fully saturated rings. The van der Waals surface area contributed by atoms with Crippen LogP contribution in [0.5, 0.6) is 0 Å². The summed E-state index contributed by atoms with van der Waals surface area (Å²) in [5, 5.41) is 17.1. The van der Waals surface area contributed by atoms with Crippen molar-refractivity contribution in [1.29, 1.82) is 0 Å². The van der Waals surface area contributed by atoms with Gasteiger partial charge in [0.05, 0.1) is 5.92 Å². The van der Waals surface area contributed by atoms with E-state index < -0.39 is 18.1 Å². The molecule has 0 aromatic rings. The number of alkyl halides is 1. The first kappa shape index (κ1) is 18.0. The molecule has 0 aromatic carbocycles. The molecule has 4 atom stereocenters. The predicted molar refractivity (Wildman–Crippen MR) is 90.9 cm³/mol. The normalized spacial score (nSPS) is 41.4. The highest BCUT2D eigenvalue weighted by atomic mass is 19.1. The number of halogens is 1. The molecule has 1 aliphatic heterocycles. The van der Waals surface area contributed by atoms with E-state index in [1.54, 1.807) is 6.92 Å². The average Bonchev–Trinajstić information content (AvgIpc) is 3.10. The van der Waals surface area contributed by atoms with Gasteiger partial charge in [-0.1, -0.05) is 6.92 Å². The van der Waals surface area contributed by atoms with Crippen molar-refractivity contribution in [3.63, 3.8) is 0 Å². The van der Waals surface area contributed by atoms with Crippen molar-refractivity contribution in [2.45, 2.75) is 76.2 Å². The summed E-state index contributed by atoms with van der Waals surface area (Å²) in [7, 11) is 0. The van der Waals surface area contributed by atoms with Crippen LogP contribution in [0.25, 0.3) is 0 Å². The molecule has 0 spiro atoms. The molecular weight excluding hydrogens is 311 g/mol. The standard InChI is InChI=1S/C17H31FN4O2/c1-12-16(18)9-13(10-17(12)22(23)24)11-19-14-3-5-15(6-4-14)21-8-2-7-20-21/h12-17,19-20H,2-11H2,1H3. The molecule has 3 aliphatic rings. The third-order valence-corrected chi connectivity index (χ3v) is 6.30. The van der Waals surface area contributed by atoms with Gasteiger partial charge in [0.1, 0.15) is 6.17 Å². The Morgan fingerprint density at radius 1 is 1.29 bits per heavy atom. The maximum atomic E-state index is 14.1. The van der Waals surface area contributed by atoms with Crippen LogP contribution in [0.3, 0.4) is 0 Å². The van der Waals surface area contributed by atoms with Gasteiger partial charge in [-0.15, -0.1) is 0 Å². The molecule has 0 amide bonds. The van der Waals surface area contributed by atoms with E-state index in [0.717, 1.165) is 32.5 Å². The van der Waals surface area contributed by atoms with Crippen molar-refractivity contribution in [2.75, 3.05) is 19.6 Å². The minimum atomic E-state index is -1.04. The van der Waals surface area contributed by atoms with Gasteiger partial charge in [0.15, 0.2) is 0 Å². The lowest BCUT2D eigenvalue weighted by Gasteiger charge is -2.36. The van der Waals surface area contributed by atoms with Gasteiger partial charge in [0.2, 0.25) is 6.04 Å². The van der Waals surface area contributed by atoms with E-state index in [2.05, 4.69) is 15.8 Å². The lowest BCUT2D eigenvalue weighted by atomic mass is 9.78. The van der Waals surface area contributed by atoms with Gasteiger partial charge in [-0.3, -0.25) is 15.5 Å². The molecule has 2 aliphatic carbocycles. The highest BCUT2D eigenvalue weighted by molar-refractivity contribution is 4.88. The first-order valence-electron chi connectivity index (χ1n) is 9.55. The Kier molecular flexibility index (Phi) is 6.05. The summed E-state index contributed by atoms with van der Waals surface area (Å²) in [5.41, 5.74) is 3.46. The molecule has 0 radical (unpaired) electrons. The lowest BCUT2D eigenvalue weighted by Crippen LogP contribution is -2.47. The minimum absolute atomic E-state index is 0.0876. The van der Waals surface area contributed by atoms with E-state index >= 15 is 0 Å². The van der Waals surface area contributed by atoms with Crippen LogP contribution in [0.1, 0.15) is 51.9 Å². The van der Waals surface area contributed by atoms with Crippen molar-refractivity contribution in [3.05, 3.63) is 10.1 Å². The Labute approximate surface area is 143 Å². The SMILES string of the molecule is CC1C(F)CC(CNC2CCC(N3CCCN3)CC2)CC1[N+](=O)[O-]. The zero-order valence-electron chi connectivity index (χ0n) is 14.6. The van der Waals surface area contributed by atoms with E-state index in [1.165, 1.54) is 19.3 Å². The average molecular weight is 342 g/mol. The second kappa shape index (κ2) is 8.06. The van der Waals surface area contributed by atoms with E-state index in [9.17, 15) is 14.5 Å². The molecule has 24 heavy (non-hydrogen) atoms. The summed E-state index contributed by atoms with van der Waals surface area (Å²) < 4.78 is 14.1. The quantitative estimate of drug-likeness (QED) is 0.592. The highest BCUT2D eigenvalue weighted by Gasteiger charge is 2.42. The smallest absolute Gasteiger partial charge is 0.218 e. The highest BCUT2D eigenvalue weighted by Crippen LogP contribution is 2.33. The van der Waals surface area contributed by atoms with E-state index in [0.29, 0.717) is 24.9 Å². The molecule has 6 nitrogen and oxygen atoms in total. The molecule has 1 saturated heterocycles. The Hall–Kier alpha value is -0.790. The topological polar surface area (TPSA) is 70.4 Å². The van der Waals surface area contributed by atoms with Crippen molar-refractivity contribution in [3.8, 4) is 0 Å². The number of nitrogens with one attached hydrogen (secondary N) is 2. The predicted octanol–water partition coefficient (Wildman–Crippen LogP) is 2.13. The fraction of sp³-hybridized carbons (Fsp3) is 1.00. The molecule has 0 bridgehead atoms. The number of nitrogens with zero attached hydrogens (tertiary/aromatic N) is 2. The maximum absolute atomic E-state index is 14.1. The number of nitro groups is 1. The van der Waals surface area contributed by atoms with Gasteiger partial charge >= 0.3 is 0 Å². The lowest BCUT2D eigenvalue weighted by molar-refractivity contribution is -0.538. The van der Waals surface area contributed by atoms with Crippen LogP contribution >= 0.6 is 0 Å². The summed E-state index contributed by atoms with van der Waals surface area (Å²) in [6.07, 6.45) is 5.83. The third kappa shape index (κ3) is 4.24. The van der Waals surface area contributed by atoms with Crippen molar-refractivity contribution in [1.82, 2.24) is 15.8 Å². The molecule has 1 heterocycles. The number of hydrazine groups is 1. The van der Waals surface area contributed by atoms with Crippen LogP contribution < -0.4 is 10.7 Å². The zero-order valence-corrected chi connectivity index (χ0v) is 14.6. The molecule has 2 N–H and O–H groups in total. The van der Waals surface area contributed by atoms with Crippen LogP contribution in [-0.2, 0) is 0 Å². The molecule has 0 aromatic heterocycles. The third-order valence-electron chi connectivity index (χ3n) is 6.30. The summed E-state index contributed by atoms with van der Waals surface area (Å²) in [6, 6.07) is 0.406. The van der Waals surface area contributed by atoms with Gasteiger partial charge in [-0.05, 0) is 51.0 Å². The number of hydrogen-bond donors (Lipinski definition) is 2. The summed E-state index contributed by atoms with van der Waals surface area (Å²) in [6.45, 7) is 4.65. The largest absolute Gasteiger partial charge is 0.314 e. The molecule has 4 unspecified atom stereocenters. The second-order valence-corrected chi connectivity index (χ2v) is 7.93. The molecule has 7 heteroatoms. The number of hydrogen-bond acceptors (Lipinski definition) is 5. The van der Waals surface area contributed by atoms with E-state index in [1.807, 2.05) is 0 Å². The number of rotatable bonds is 5. The Morgan fingerprint density at radius 3 is 2.67 bits per heavy atom. The minimum Gasteiger partial charge on any atom is -0.314 e. The maximum Gasteiger partial charge on any atom is 0.218 e. The van der Waals surface area contributed by atoms with Crippen LogP contribution in [-0.4, -0.2) is 53.9 Å². The second-order valence-electron chi connectivity index (χ2n) is 7.93. The molecule has 138 valence electrons. The summed E-state index contributed by atoms with van der Waals surface area (Å²) in [4.78, 5) is 10.9. The fourth-order valence-electron chi connectivity index (χ4n) is 4.66. The first-order valence-corrected chi connectivity index (χ1v) is 9.55. The Bertz CT molecular complexity index is 425. The fourth-order valence-corrected chi connectivity index (χ4v) is 4.66.